The molecule has 0 amide bonds. The SMILES string of the molecule is COC(=O)c1ccc(F)cc1Oc1cc2cc[nH]c2nc1CCCCO. The molecule has 3 aromatic rings. The largest absolute Gasteiger partial charge is 0.465 e. The van der Waals surface area contributed by atoms with Gasteiger partial charge in [-0.05, 0) is 43.5 Å². The fourth-order valence-electron chi connectivity index (χ4n) is 2.65. The van der Waals surface area contributed by atoms with E-state index in [1.165, 1.54) is 19.2 Å². The second-order valence-electron chi connectivity index (χ2n) is 5.76. The first-order valence-electron chi connectivity index (χ1n) is 8.26. The van der Waals surface area contributed by atoms with Gasteiger partial charge in [-0.15, -0.1) is 0 Å². The summed E-state index contributed by atoms with van der Waals surface area (Å²) in [5.41, 5.74) is 1.50. The number of carbonyl (C=O) groups is 1. The lowest BCUT2D eigenvalue weighted by Gasteiger charge is -2.13. The van der Waals surface area contributed by atoms with E-state index in [2.05, 4.69) is 9.97 Å². The summed E-state index contributed by atoms with van der Waals surface area (Å²) in [7, 11) is 1.25. The van der Waals surface area contributed by atoms with Crippen molar-refractivity contribution in [3.63, 3.8) is 0 Å². The first-order valence-corrected chi connectivity index (χ1v) is 8.26. The Labute approximate surface area is 149 Å². The number of ether oxygens (including phenoxy) is 2. The summed E-state index contributed by atoms with van der Waals surface area (Å²) in [4.78, 5) is 19.5. The molecule has 136 valence electrons. The quantitative estimate of drug-likeness (QED) is 0.498. The lowest BCUT2D eigenvalue weighted by molar-refractivity contribution is 0.0598. The first kappa shape index (κ1) is 17.9. The van der Waals surface area contributed by atoms with Gasteiger partial charge in [0.15, 0.2) is 0 Å². The predicted molar refractivity (Wildman–Crippen MR) is 93.9 cm³/mol. The number of aromatic amines is 1. The number of halogens is 1. The highest BCUT2D eigenvalue weighted by Gasteiger charge is 2.17. The van der Waals surface area contributed by atoms with Crippen LogP contribution in [-0.4, -0.2) is 34.8 Å². The van der Waals surface area contributed by atoms with Gasteiger partial charge in [-0.25, -0.2) is 14.2 Å². The highest BCUT2D eigenvalue weighted by Crippen LogP contribution is 2.31. The fraction of sp³-hybridized carbons (Fsp3) is 0.263. The molecule has 2 aromatic heterocycles. The van der Waals surface area contributed by atoms with Gasteiger partial charge < -0.3 is 19.6 Å². The summed E-state index contributed by atoms with van der Waals surface area (Å²) in [5.74, 6) is -0.634. The third-order valence-electron chi connectivity index (χ3n) is 3.96. The van der Waals surface area contributed by atoms with Crippen molar-refractivity contribution in [2.75, 3.05) is 13.7 Å². The van der Waals surface area contributed by atoms with Gasteiger partial charge in [0, 0.05) is 24.3 Å². The average Bonchev–Trinajstić information content (AvgIpc) is 3.09. The monoisotopic (exact) mass is 358 g/mol. The Morgan fingerprint density at radius 1 is 1.23 bits per heavy atom. The maximum atomic E-state index is 13.7. The van der Waals surface area contributed by atoms with E-state index in [0.717, 1.165) is 17.9 Å². The summed E-state index contributed by atoms with van der Waals surface area (Å²) in [6, 6.07) is 7.28. The molecule has 1 aromatic carbocycles. The van der Waals surface area contributed by atoms with Gasteiger partial charge in [0.25, 0.3) is 0 Å². The molecule has 0 aliphatic carbocycles. The molecule has 0 saturated heterocycles. The Bertz CT molecular complexity index is 923. The maximum absolute atomic E-state index is 13.7. The van der Waals surface area contributed by atoms with E-state index in [-0.39, 0.29) is 17.9 Å². The number of aliphatic hydroxyl groups excluding tert-OH is 1. The Kier molecular flexibility index (Phi) is 5.48. The van der Waals surface area contributed by atoms with Crippen LogP contribution in [0, 0.1) is 5.82 Å². The highest BCUT2D eigenvalue weighted by molar-refractivity contribution is 5.92. The predicted octanol–water partition coefficient (Wildman–Crippen LogP) is 3.60. The van der Waals surface area contributed by atoms with E-state index in [1.807, 2.05) is 6.07 Å². The molecular weight excluding hydrogens is 339 g/mol. The topological polar surface area (TPSA) is 84.4 Å². The minimum absolute atomic E-state index is 0.0666. The van der Waals surface area contributed by atoms with Gasteiger partial charge in [0.2, 0.25) is 0 Å². The summed E-state index contributed by atoms with van der Waals surface area (Å²) in [6.45, 7) is 0.0946. The summed E-state index contributed by atoms with van der Waals surface area (Å²) < 4.78 is 24.3. The lowest BCUT2D eigenvalue weighted by atomic mass is 10.1. The number of hydrogen-bond acceptors (Lipinski definition) is 5. The van der Waals surface area contributed by atoms with Gasteiger partial charge >= 0.3 is 5.97 Å². The van der Waals surface area contributed by atoms with Crippen LogP contribution in [0.25, 0.3) is 11.0 Å². The van der Waals surface area contributed by atoms with E-state index in [9.17, 15) is 9.18 Å². The molecule has 2 N–H and O–H groups in total. The smallest absolute Gasteiger partial charge is 0.341 e. The molecule has 0 fully saturated rings. The Morgan fingerprint density at radius 2 is 2.08 bits per heavy atom. The van der Waals surface area contributed by atoms with Crippen LogP contribution in [0.15, 0.2) is 36.5 Å². The van der Waals surface area contributed by atoms with Crippen molar-refractivity contribution in [1.29, 1.82) is 0 Å². The third kappa shape index (κ3) is 3.83. The van der Waals surface area contributed by atoms with E-state index in [4.69, 9.17) is 14.6 Å². The number of nitrogens with zero attached hydrogens (tertiary/aromatic N) is 1. The van der Waals surface area contributed by atoms with Crippen LogP contribution in [0.1, 0.15) is 28.9 Å². The van der Waals surface area contributed by atoms with Crippen LogP contribution in [0.4, 0.5) is 4.39 Å². The zero-order chi connectivity index (χ0) is 18.5. The molecule has 0 saturated carbocycles. The molecule has 26 heavy (non-hydrogen) atoms. The molecule has 2 heterocycles. The van der Waals surface area contributed by atoms with E-state index >= 15 is 0 Å². The van der Waals surface area contributed by atoms with E-state index < -0.39 is 11.8 Å². The van der Waals surface area contributed by atoms with Crippen molar-refractivity contribution in [1.82, 2.24) is 9.97 Å². The van der Waals surface area contributed by atoms with Gasteiger partial charge in [-0.2, -0.15) is 0 Å². The normalized spacial score (nSPS) is 10.9. The van der Waals surface area contributed by atoms with Crippen LogP contribution < -0.4 is 4.74 Å². The van der Waals surface area contributed by atoms with Crippen molar-refractivity contribution in [2.24, 2.45) is 0 Å². The molecule has 7 heteroatoms. The number of aromatic nitrogens is 2. The maximum Gasteiger partial charge on any atom is 0.341 e. The number of hydrogen-bond donors (Lipinski definition) is 2. The number of fused-ring (bicyclic) bond motifs is 1. The van der Waals surface area contributed by atoms with E-state index in [1.54, 1.807) is 12.3 Å². The van der Waals surface area contributed by atoms with Crippen molar-refractivity contribution >= 4 is 17.0 Å². The molecule has 0 aliphatic heterocycles. The van der Waals surface area contributed by atoms with Crippen molar-refractivity contribution < 1.29 is 23.8 Å². The van der Waals surface area contributed by atoms with Crippen LogP contribution in [0.3, 0.4) is 0 Å². The highest BCUT2D eigenvalue weighted by atomic mass is 19.1. The second-order valence-corrected chi connectivity index (χ2v) is 5.76. The van der Waals surface area contributed by atoms with Crippen LogP contribution in [-0.2, 0) is 11.2 Å². The molecule has 6 nitrogen and oxygen atoms in total. The fourth-order valence-corrected chi connectivity index (χ4v) is 2.65. The second kappa shape index (κ2) is 7.97. The Morgan fingerprint density at radius 3 is 2.85 bits per heavy atom. The van der Waals surface area contributed by atoms with Crippen LogP contribution in [0.2, 0.25) is 0 Å². The summed E-state index contributed by atoms with van der Waals surface area (Å²) in [6.07, 6.45) is 3.70. The molecule has 0 spiro atoms. The number of esters is 1. The summed E-state index contributed by atoms with van der Waals surface area (Å²) in [5, 5.41) is 9.83. The number of carbonyl (C=O) groups excluding carboxylic acids is 1. The number of methoxy groups -OCH3 is 1. The number of aliphatic hydroxyl groups is 1. The molecule has 0 atom stereocenters. The average molecular weight is 358 g/mol. The first-order chi connectivity index (χ1) is 12.6. The number of nitrogens with one attached hydrogen (secondary N) is 1. The zero-order valence-corrected chi connectivity index (χ0v) is 14.3. The van der Waals surface area contributed by atoms with Crippen molar-refractivity contribution in [3.8, 4) is 11.5 Å². The summed E-state index contributed by atoms with van der Waals surface area (Å²) >= 11 is 0. The van der Waals surface area contributed by atoms with Crippen LogP contribution >= 0.6 is 0 Å². The molecule has 0 bridgehead atoms. The minimum Gasteiger partial charge on any atom is -0.465 e. The van der Waals surface area contributed by atoms with Crippen LogP contribution in [0.5, 0.6) is 11.5 Å². The number of rotatable bonds is 7. The molecule has 0 radical (unpaired) electrons. The zero-order valence-electron chi connectivity index (χ0n) is 14.3. The molecule has 3 rings (SSSR count). The number of unbranched alkanes of at least 4 members (excludes halogenated alkanes) is 1. The van der Waals surface area contributed by atoms with Gasteiger partial charge in [-0.3, -0.25) is 0 Å². The Hall–Kier alpha value is -2.93. The van der Waals surface area contributed by atoms with Gasteiger partial charge in [0.1, 0.15) is 28.5 Å². The molecular formula is C19H19FN2O4. The number of H-pyrrole nitrogens is 1. The standard InChI is InChI=1S/C19H19FN2O4/c1-25-19(24)14-6-5-13(20)11-16(14)26-17-10-12-7-8-21-18(12)22-15(17)4-2-3-9-23/h5-8,10-11,23H,2-4,9H2,1H3,(H,21,22). The van der Waals surface area contributed by atoms with Crippen molar-refractivity contribution in [2.45, 2.75) is 19.3 Å². The van der Waals surface area contributed by atoms with Gasteiger partial charge in [0.05, 0.1) is 12.8 Å². The number of aryl methyl sites for hydroxylation is 1. The molecule has 0 aliphatic rings. The Balaban J connectivity index is 2.00. The third-order valence-corrected chi connectivity index (χ3v) is 3.96. The lowest BCUT2D eigenvalue weighted by Crippen LogP contribution is -2.05. The minimum atomic E-state index is -0.613. The number of pyridine rings is 1. The van der Waals surface area contributed by atoms with Crippen molar-refractivity contribution in [3.05, 3.63) is 53.6 Å². The number of benzene rings is 1. The van der Waals surface area contributed by atoms with E-state index in [0.29, 0.717) is 29.9 Å². The van der Waals surface area contributed by atoms with Gasteiger partial charge in [-0.1, -0.05) is 0 Å². The molecule has 0 unspecified atom stereocenters.